The predicted molar refractivity (Wildman–Crippen MR) is 75.6 cm³/mol. The first-order chi connectivity index (χ1) is 11.2. The van der Waals surface area contributed by atoms with Crippen LogP contribution in [0.15, 0.2) is 30.5 Å². The van der Waals surface area contributed by atoms with Crippen molar-refractivity contribution in [2.75, 3.05) is 0 Å². The van der Waals surface area contributed by atoms with Gasteiger partial charge in [0.25, 0.3) is 5.69 Å². The topological polar surface area (TPSA) is 73.8 Å². The van der Waals surface area contributed by atoms with E-state index in [2.05, 4.69) is 9.97 Å². The largest absolute Gasteiger partial charge is 0.417 e. The number of halogens is 4. The van der Waals surface area contributed by atoms with Crippen LogP contribution in [-0.2, 0) is 13.2 Å². The fourth-order valence-electron chi connectivity index (χ4n) is 2.27. The van der Waals surface area contributed by atoms with E-state index in [0.717, 1.165) is 24.3 Å². The fraction of sp³-hybridized carbons (Fsp3) is 0.143. The van der Waals surface area contributed by atoms with Gasteiger partial charge in [-0.2, -0.15) is 13.2 Å². The fourth-order valence-corrected chi connectivity index (χ4v) is 2.27. The second kappa shape index (κ2) is 5.25. The van der Waals surface area contributed by atoms with Crippen LogP contribution in [0.5, 0.6) is 0 Å². The summed E-state index contributed by atoms with van der Waals surface area (Å²) in [5.41, 5.74) is -1.40. The third kappa shape index (κ3) is 2.55. The standard InChI is InChI=1S/C14H8F4N4O2/c1-21-12(9-3-2-8(22(23)24)5-10(9)15)20-11-4-7(14(16,17)18)6-19-13(11)21/h2-6H,1H3. The smallest absolute Gasteiger partial charge is 0.312 e. The maximum atomic E-state index is 14.1. The number of fused-ring (bicyclic) bond motifs is 1. The summed E-state index contributed by atoms with van der Waals surface area (Å²) in [7, 11) is 1.46. The average Bonchev–Trinajstić information content (AvgIpc) is 2.82. The molecule has 124 valence electrons. The molecule has 0 aliphatic heterocycles. The van der Waals surface area contributed by atoms with Crippen LogP contribution < -0.4 is 0 Å². The maximum Gasteiger partial charge on any atom is 0.417 e. The predicted octanol–water partition coefficient (Wildman–Crippen LogP) is 3.70. The number of non-ortho nitro benzene ring substituents is 1. The van der Waals surface area contributed by atoms with Gasteiger partial charge in [-0.3, -0.25) is 10.1 Å². The highest BCUT2D eigenvalue weighted by atomic mass is 19.4. The van der Waals surface area contributed by atoms with Crippen molar-refractivity contribution in [2.24, 2.45) is 7.05 Å². The first-order valence-electron chi connectivity index (χ1n) is 6.52. The number of pyridine rings is 1. The number of nitro benzene ring substituents is 1. The Balaban J connectivity index is 2.17. The molecule has 2 aromatic heterocycles. The van der Waals surface area contributed by atoms with Crippen LogP contribution in [0, 0.1) is 15.9 Å². The molecule has 0 saturated heterocycles. The first kappa shape index (κ1) is 15.8. The molecule has 0 atom stereocenters. The molecule has 0 unspecified atom stereocenters. The molecule has 6 nitrogen and oxygen atoms in total. The molecule has 0 aliphatic rings. The molecule has 3 aromatic rings. The summed E-state index contributed by atoms with van der Waals surface area (Å²) in [5, 5.41) is 10.6. The number of nitrogens with zero attached hydrogens (tertiary/aromatic N) is 4. The lowest BCUT2D eigenvalue weighted by Gasteiger charge is -2.05. The Morgan fingerprint density at radius 1 is 1.25 bits per heavy atom. The number of rotatable bonds is 2. The Labute approximate surface area is 131 Å². The van der Waals surface area contributed by atoms with E-state index in [-0.39, 0.29) is 22.6 Å². The van der Waals surface area contributed by atoms with Crippen molar-refractivity contribution in [3.05, 3.63) is 52.0 Å². The van der Waals surface area contributed by atoms with E-state index >= 15 is 0 Å². The summed E-state index contributed by atoms with van der Waals surface area (Å²) in [6, 6.07) is 3.78. The van der Waals surface area contributed by atoms with E-state index in [1.807, 2.05) is 0 Å². The summed E-state index contributed by atoms with van der Waals surface area (Å²) in [6.07, 6.45) is -3.91. The Morgan fingerprint density at radius 2 is 1.96 bits per heavy atom. The van der Waals surface area contributed by atoms with Crippen molar-refractivity contribution in [1.29, 1.82) is 0 Å². The molecule has 0 amide bonds. The van der Waals surface area contributed by atoms with Crippen molar-refractivity contribution < 1.29 is 22.5 Å². The van der Waals surface area contributed by atoms with Gasteiger partial charge in [0, 0.05) is 19.3 Å². The van der Waals surface area contributed by atoms with Crippen molar-refractivity contribution in [2.45, 2.75) is 6.18 Å². The summed E-state index contributed by atoms with van der Waals surface area (Å²) in [4.78, 5) is 17.6. The highest BCUT2D eigenvalue weighted by molar-refractivity contribution is 5.78. The van der Waals surface area contributed by atoms with Crippen LogP contribution in [0.3, 0.4) is 0 Å². The molecule has 1 aromatic carbocycles. The number of hydrogen-bond acceptors (Lipinski definition) is 4. The van der Waals surface area contributed by atoms with Gasteiger partial charge in [-0.05, 0) is 12.1 Å². The molecule has 3 rings (SSSR count). The van der Waals surface area contributed by atoms with Gasteiger partial charge in [0.15, 0.2) is 5.65 Å². The van der Waals surface area contributed by atoms with Gasteiger partial charge >= 0.3 is 6.18 Å². The van der Waals surface area contributed by atoms with Gasteiger partial charge in [-0.1, -0.05) is 0 Å². The van der Waals surface area contributed by atoms with Crippen LogP contribution in [0.1, 0.15) is 5.56 Å². The monoisotopic (exact) mass is 340 g/mol. The van der Waals surface area contributed by atoms with E-state index < -0.39 is 28.2 Å². The lowest BCUT2D eigenvalue weighted by Crippen LogP contribution is -2.05. The Kier molecular flexibility index (Phi) is 3.47. The number of aromatic nitrogens is 3. The summed E-state index contributed by atoms with van der Waals surface area (Å²) in [6.45, 7) is 0. The molecule has 0 spiro atoms. The zero-order chi connectivity index (χ0) is 17.6. The van der Waals surface area contributed by atoms with Crippen molar-refractivity contribution in [1.82, 2.24) is 14.5 Å². The molecule has 0 N–H and O–H groups in total. The minimum absolute atomic E-state index is 0.0178. The minimum Gasteiger partial charge on any atom is -0.312 e. The van der Waals surface area contributed by atoms with E-state index in [0.29, 0.717) is 6.20 Å². The molecule has 0 bridgehead atoms. The molecular weight excluding hydrogens is 332 g/mol. The molecule has 24 heavy (non-hydrogen) atoms. The van der Waals surface area contributed by atoms with Gasteiger partial charge in [-0.25, -0.2) is 14.4 Å². The molecule has 10 heteroatoms. The van der Waals surface area contributed by atoms with Crippen molar-refractivity contribution in [3.8, 4) is 11.4 Å². The maximum absolute atomic E-state index is 14.1. The Morgan fingerprint density at radius 3 is 2.54 bits per heavy atom. The summed E-state index contributed by atoms with van der Waals surface area (Å²) in [5.74, 6) is -0.886. The Bertz CT molecular complexity index is 965. The number of alkyl halides is 3. The SMILES string of the molecule is Cn1c(-c2ccc([N+](=O)[O-])cc2F)nc2cc(C(F)(F)F)cnc21. The van der Waals surface area contributed by atoms with E-state index in [1.165, 1.54) is 11.6 Å². The molecule has 0 aliphatic carbocycles. The highest BCUT2D eigenvalue weighted by Crippen LogP contribution is 2.32. The number of hydrogen-bond donors (Lipinski definition) is 0. The van der Waals surface area contributed by atoms with Crippen molar-refractivity contribution in [3.63, 3.8) is 0 Å². The van der Waals surface area contributed by atoms with Crippen LogP contribution in [0.4, 0.5) is 23.2 Å². The van der Waals surface area contributed by atoms with Gasteiger partial charge in [0.2, 0.25) is 0 Å². The lowest BCUT2D eigenvalue weighted by atomic mass is 10.2. The molecule has 2 heterocycles. The van der Waals surface area contributed by atoms with Crippen LogP contribution in [0.2, 0.25) is 0 Å². The molecule has 0 fully saturated rings. The second-order valence-electron chi connectivity index (χ2n) is 4.98. The van der Waals surface area contributed by atoms with Gasteiger partial charge in [-0.15, -0.1) is 0 Å². The quantitative estimate of drug-likeness (QED) is 0.405. The van der Waals surface area contributed by atoms with E-state index in [1.54, 1.807) is 0 Å². The number of imidazole rings is 1. The molecule has 0 radical (unpaired) electrons. The lowest BCUT2D eigenvalue weighted by molar-refractivity contribution is -0.385. The average molecular weight is 340 g/mol. The molecule has 0 saturated carbocycles. The third-order valence-corrected chi connectivity index (χ3v) is 3.44. The van der Waals surface area contributed by atoms with Crippen LogP contribution in [-0.4, -0.2) is 19.5 Å². The van der Waals surface area contributed by atoms with E-state index in [9.17, 15) is 27.7 Å². The Hall–Kier alpha value is -3.04. The third-order valence-electron chi connectivity index (χ3n) is 3.44. The number of nitro groups is 1. The van der Waals surface area contributed by atoms with Crippen LogP contribution >= 0.6 is 0 Å². The van der Waals surface area contributed by atoms with E-state index in [4.69, 9.17) is 0 Å². The first-order valence-corrected chi connectivity index (χ1v) is 6.52. The normalized spacial score (nSPS) is 11.9. The number of aryl methyl sites for hydroxylation is 1. The molecular formula is C14H8F4N4O2. The van der Waals surface area contributed by atoms with Gasteiger partial charge in [0.05, 0.1) is 22.1 Å². The number of benzene rings is 1. The second-order valence-corrected chi connectivity index (χ2v) is 4.98. The zero-order valence-corrected chi connectivity index (χ0v) is 12.0. The minimum atomic E-state index is -4.57. The highest BCUT2D eigenvalue weighted by Gasteiger charge is 2.32. The van der Waals surface area contributed by atoms with Gasteiger partial charge < -0.3 is 4.57 Å². The summed E-state index contributed by atoms with van der Waals surface area (Å²) < 4.78 is 53.6. The van der Waals surface area contributed by atoms with Crippen LogP contribution in [0.25, 0.3) is 22.6 Å². The summed E-state index contributed by atoms with van der Waals surface area (Å²) >= 11 is 0. The zero-order valence-electron chi connectivity index (χ0n) is 12.0. The van der Waals surface area contributed by atoms with Gasteiger partial charge in [0.1, 0.15) is 17.2 Å². The van der Waals surface area contributed by atoms with Crippen molar-refractivity contribution >= 4 is 16.9 Å².